The van der Waals surface area contributed by atoms with Crippen LogP contribution in [0.4, 0.5) is 0 Å². The molecule has 1 aliphatic rings. The van der Waals surface area contributed by atoms with Gasteiger partial charge in [0.2, 0.25) is 0 Å². The molecule has 0 amide bonds. The summed E-state index contributed by atoms with van der Waals surface area (Å²) in [4.78, 5) is 22.1. The zero-order chi connectivity index (χ0) is 16.5. The van der Waals surface area contributed by atoms with E-state index in [4.69, 9.17) is 16.0 Å². The van der Waals surface area contributed by atoms with Crippen molar-refractivity contribution in [3.63, 3.8) is 0 Å². The molecule has 0 aliphatic carbocycles. The lowest BCUT2D eigenvalue weighted by Gasteiger charge is -2.27. The number of halogens is 1. The highest BCUT2D eigenvalue weighted by Gasteiger charge is 2.22. The molecule has 0 radical (unpaired) electrons. The van der Waals surface area contributed by atoms with Gasteiger partial charge in [0.1, 0.15) is 0 Å². The van der Waals surface area contributed by atoms with E-state index in [1.54, 1.807) is 18.4 Å². The molecule has 3 heterocycles. The van der Waals surface area contributed by atoms with E-state index >= 15 is 0 Å². The number of hydrogen-bond donors (Lipinski definition) is 1. The van der Waals surface area contributed by atoms with Crippen LogP contribution in [0.3, 0.4) is 0 Å². The molecule has 0 bridgehead atoms. The van der Waals surface area contributed by atoms with Crippen molar-refractivity contribution in [3.8, 4) is 11.6 Å². The van der Waals surface area contributed by atoms with Crippen LogP contribution in [-0.2, 0) is 19.5 Å². The lowest BCUT2D eigenvalue weighted by Crippen LogP contribution is -2.35. The summed E-state index contributed by atoms with van der Waals surface area (Å²) in [6, 6.07) is 11.4. The van der Waals surface area contributed by atoms with Gasteiger partial charge in [0, 0.05) is 31.1 Å². The number of hydrogen-bond acceptors (Lipinski definition) is 4. The summed E-state index contributed by atoms with van der Waals surface area (Å²) in [5.74, 6) is 1.08. The molecule has 0 fully saturated rings. The van der Waals surface area contributed by atoms with Gasteiger partial charge in [-0.2, -0.15) is 0 Å². The summed E-state index contributed by atoms with van der Waals surface area (Å²) in [6.45, 7) is 2.25. The fourth-order valence-electron chi connectivity index (χ4n) is 2.99. The monoisotopic (exact) mass is 341 g/mol. The molecule has 6 heteroatoms. The molecule has 4 rings (SSSR count). The Balaban J connectivity index is 1.57. The van der Waals surface area contributed by atoms with Crippen LogP contribution in [0.25, 0.3) is 11.6 Å². The Morgan fingerprint density at radius 3 is 2.83 bits per heavy atom. The molecule has 5 nitrogen and oxygen atoms in total. The zero-order valence-corrected chi connectivity index (χ0v) is 13.7. The summed E-state index contributed by atoms with van der Waals surface area (Å²) in [5.41, 5.74) is 2.69. The van der Waals surface area contributed by atoms with Crippen molar-refractivity contribution in [3.05, 3.63) is 74.9 Å². The second-order valence-electron chi connectivity index (χ2n) is 5.90. The SMILES string of the molecule is O=c1[nH]c(-c2ccco2)nc2c1CN(Cc1ccc(Cl)cc1)CC2. The summed E-state index contributed by atoms with van der Waals surface area (Å²) in [6.07, 6.45) is 2.32. The molecule has 0 atom stereocenters. The Bertz CT molecular complexity index is 901. The minimum absolute atomic E-state index is 0.0905. The van der Waals surface area contributed by atoms with Crippen LogP contribution in [0.1, 0.15) is 16.8 Å². The Hall–Kier alpha value is -2.37. The lowest BCUT2D eigenvalue weighted by molar-refractivity contribution is 0.242. The second kappa shape index (κ2) is 6.26. The minimum atomic E-state index is -0.0905. The van der Waals surface area contributed by atoms with Crippen LogP contribution >= 0.6 is 11.6 Å². The highest BCUT2D eigenvalue weighted by Crippen LogP contribution is 2.20. The smallest absolute Gasteiger partial charge is 0.256 e. The molecule has 0 saturated carbocycles. The Labute approximate surface area is 143 Å². The maximum Gasteiger partial charge on any atom is 0.256 e. The third kappa shape index (κ3) is 3.00. The van der Waals surface area contributed by atoms with Crippen LogP contribution in [0.15, 0.2) is 51.9 Å². The van der Waals surface area contributed by atoms with Crippen LogP contribution in [0, 0.1) is 0 Å². The fourth-order valence-corrected chi connectivity index (χ4v) is 3.12. The number of fused-ring (bicyclic) bond motifs is 1. The van der Waals surface area contributed by atoms with E-state index in [2.05, 4.69) is 14.9 Å². The first-order valence-electron chi connectivity index (χ1n) is 7.82. The van der Waals surface area contributed by atoms with Gasteiger partial charge in [0.05, 0.1) is 17.5 Å². The predicted octanol–water partition coefficient (Wildman–Crippen LogP) is 3.24. The van der Waals surface area contributed by atoms with E-state index in [-0.39, 0.29) is 5.56 Å². The molecule has 0 spiro atoms. The molecule has 2 aromatic heterocycles. The van der Waals surface area contributed by atoms with Crippen molar-refractivity contribution in [2.45, 2.75) is 19.5 Å². The van der Waals surface area contributed by atoms with Crippen LogP contribution in [-0.4, -0.2) is 21.4 Å². The van der Waals surface area contributed by atoms with Crippen molar-refractivity contribution in [1.82, 2.24) is 14.9 Å². The first kappa shape index (κ1) is 15.2. The first-order chi connectivity index (χ1) is 11.7. The third-order valence-electron chi connectivity index (χ3n) is 4.22. The highest BCUT2D eigenvalue weighted by atomic mass is 35.5. The van der Waals surface area contributed by atoms with Gasteiger partial charge in [-0.1, -0.05) is 23.7 Å². The average Bonchev–Trinajstić information content (AvgIpc) is 3.12. The highest BCUT2D eigenvalue weighted by molar-refractivity contribution is 6.30. The topological polar surface area (TPSA) is 62.1 Å². The summed E-state index contributed by atoms with van der Waals surface area (Å²) in [5, 5.41) is 0.730. The van der Waals surface area contributed by atoms with E-state index in [0.717, 1.165) is 35.8 Å². The Morgan fingerprint density at radius 1 is 1.25 bits per heavy atom. The summed E-state index contributed by atoms with van der Waals surface area (Å²) < 4.78 is 5.32. The fraction of sp³-hybridized carbons (Fsp3) is 0.222. The number of aromatic amines is 1. The number of rotatable bonds is 3. The van der Waals surface area contributed by atoms with Gasteiger partial charge in [-0.3, -0.25) is 9.69 Å². The van der Waals surface area contributed by atoms with Crippen molar-refractivity contribution in [1.29, 1.82) is 0 Å². The van der Waals surface area contributed by atoms with E-state index in [9.17, 15) is 4.79 Å². The van der Waals surface area contributed by atoms with Crippen molar-refractivity contribution in [2.24, 2.45) is 0 Å². The second-order valence-corrected chi connectivity index (χ2v) is 6.34. The molecule has 1 aliphatic heterocycles. The molecule has 0 saturated heterocycles. The van der Waals surface area contributed by atoms with Gasteiger partial charge < -0.3 is 9.40 Å². The van der Waals surface area contributed by atoms with Crippen LogP contribution in [0.5, 0.6) is 0 Å². The maximum absolute atomic E-state index is 12.4. The molecule has 1 N–H and O–H groups in total. The third-order valence-corrected chi connectivity index (χ3v) is 4.47. The molecule has 24 heavy (non-hydrogen) atoms. The largest absolute Gasteiger partial charge is 0.461 e. The number of benzene rings is 1. The normalized spacial score (nSPS) is 14.5. The Kier molecular flexibility index (Phi) is 3.96. The van der Waals surface area contributed by atoms with Gasteiger partial charge in [0.25, 0.3) is 5.56 Å². The average molecular weight is 342 g/mol. The van der Waals surface area contributed by atoms with Crippen molar-refractivity contribution in [2.75, 3.05) is 6.54 Å². The maximum atomic E-state index is 12.4. The molecule has 3 aromatic rings. The first-order valence-corrected chi connectivity index (χ1v) is 8.19. The zero-order valence-electron chi connectivity index (χ0n) is 13.0. The number of nitrogens with one attached hydrogen (secondary N) is 1. The molecular formula is C18H16ClN3O2. The van der Waals surface area contributed by atoms with Gasteiger partial charge >= 0.3 is 0 Å². The predicted molar refractivity (Wildman–Crippen MR) is 91.8 cm³/mol. The summed E-state index contributed by atoms with van der Waals surface area (Å²) >= 11 is 5.92. The van der Waals surface area contributed by atoms with Crippen LogP contribution < -0.4 is 5.56 Å². The Morgan fingerprint density at radius 2 is 2.08 bits per heavy atom. The summed E-state index contributed by atoms with van der Waals surface area (Å²) in [7, 11) is 0. The van der Waals surface area contributed by atoms with E-state index in [1.807, 2.05) is 24.3 Å². The minimum Gasteiger partial charge on any atom is -0.461 e. The molecular weight excluding hydrogens is 326 g/mol. The molecule has 1 aromatic carbocycles. The van der Waals surface area contributed by atoms with Gasteiger partial charge in [0.15, 0.2) is 11.6 Å². The standard InChI is InChI=1S/C18H16ClN3O2/c19-13-5-3-12(4-6-13)10-22-8-7-15-14(11-22)18(23)21-17(20-15)16-2-1-9-24-16/h1-6,9H,7-8,10-11H2,(H,20,21,23). The van der Waals surface area contributed by atoms with Crippen molar-refractivity contribution < 1.29 is 4.42 Å². The lowest BCUT2D eigenvalue weighted by atomic mass is 10.1. The molecule has 0 unspecified atom stereocenters. The van der Waals surface area contributed by atoms with E-state index in [0.29, 0.717) is 18.1 Å². The van der Waals surface area contributed by atoms with Gasteiger partial charge in [-0.15, -0.1) is 0 Å². The molecule has 122 valence electrons. The van der Waals surface area contributed by atoms with E-state index in [1.165, 1.54) is 5.56 Å². The van der Waals surface area contributed by atoms with Gasteiger partial charge in [-0.25, -0.2) is 4.98 Å². The van der Waals surface area contributed by atoms with Crippen LogP contribution in [0.2, 0.25) is 5.02 Å². The number of H-pyrrole nitrogens is 1. The number of aromatic nitrogens is 2. The number of furan rings is 1. The van der Waals surface area contributed by atoms with Gasteiger partial charge in [-0.05, 0) is 29.8 Å². The quantitative estimate of drug-likeness (QED) is 0.794. The van der Waals surface area contributed by atoms with Crippen molar-refractivity contribution >= 4 is 11.6 Å². The number of nitrogens with zero attached hydrogens (tertiary/aromatic N) is 2. The van der Waals surface area contributed by atoms with E-state index < -0.39 is 0 Å².